The molecule has 0 aromatic heterocycles. The molecule has 1 saturated carbocycles. The second-order valence-corrected chi connectivity index (χ2v) is 4.96. The lowest BCUT2D eigenvalue weighted by Crippen LogP contribution is -2.46. The minimum atomic E-state index is -0.562. The van der Waals surface area contributed by atoms with Crippen LogP contribution in [0.3, 0.4) is 0 Å². The minimum Gasteiger partial charge on any atom is -0.508 e. The van der Waals surface area contributed by atoms with Gasteiger partial charge in [-0.05, 0) is 43.9 Å². The van der Waals surface area contributed by atoms with Crippen LogP contribution in [0.4, 0.5) is 0 Å². The van der Waals surface area contributed by atoms with Gasteiger partial charge >= 0.3 is 0 Å². The van der Waals surface area contributed by atoms with Crippen LogP contribution in [0.25, 0.3) is 0 Å². The highest BCUT2D eigenvalue weighted by Gasteiger charge is 2.34. The second-order valence-electron chi connectivity index (χ2n) is 4.96. The van der Waals surface area contributed by atoms with Crippen molar-refractivity contribution in [3.8, 4) is 11.5 Å². The van der Waals surface area contributed by atoms with E-state index in [-0.39, 0.29) is 17.5 Å². The number of hydrogen-bond donors (Lipinski definition) is 4. The Morgan fingerprint density at radius 3 is 2.29 bits per heavy atom. The van der Waals surface area contributed by atoms with E-state index in [4.69, 9.17) is 0 Å². The molecule has 1 aliphatic rings. The number of phenolic OH excluding ortho intramolecular Hbond substituents is 2. The summed E-state index contributed by atoms with van der Waals surface area (Å²) >= 11 is 0. The van der Waals surface area contributed by atoms with Crippen LogP contribution < -0.4 is 5.32 Å². The Hall–Kier alpha value is -1.26. The molecule has 1 aromatic rings. The maximum Gasteiger partial charge on any atom is 0.119 e. The lowest BCUT2D eigenvalue weighted by Gasteiger charge is -2.37. The predicted octanol–water partition coefficient (Wildman–Crippen LogP) is 1.66. The van der Waals surface area contributed by atoms with E-state index in [0.29, 0.717) is 6.54 Å². The molecule has 0 heterocycles. The van der Waals surface area contributed by atoms with Crippen LogP contribution in [0.1, 0.15) is 37.8 Å². The average molecular weight is 237 g/mol. The molecule has 4 heteroatoms. The highest BCUT2D eigenvalue weighted by Crippen LogP contribution is 2.31. The van der Waals surface area contributed by atoms with Crippen LogP contribution in [0.15, 0.2) is 18.2 Å². The van der Waals surface area contributed by atoms with E-state index in [9.17, 15) is 15.3 Å². The van der Waals surface area contributed by atoms with Gasteiger partial charge in [0.2, 0.25) is 0 Å². The van der Waals surface area contributed by atoms with Crippen molar-refractivity contribution in [1.82, 2.24) is 5.32 Å². The molecule has 0 amide bonds. The summed E-state index contributed by atoms with van der Waals surface area (Å²) in [6.45, 7) is 2.49. The first-order valence-electron chi connectivity index (χ1n) is 5.97. The topological polar surface area (TPSA) is 72.7 Å². The summed E-state index contributed by atoms with van der Waals surface area (Å²) < 4.78 is 0. The smallest absolute Gasteiger partial charge is 0.119 e. The van der Waals surface area contributed by atoms with Crippen LogP contribution >= 0.6 is 0 Å². The number of phenols is 2. The zero-order valence-corrected chi connectivity index (χ0v) is 9.98. The SMILES string of the molecule is CC(NCC1(O)CCC1)c1cc(O)cc(O)c1. The fraction of sp³-hybridized carbons (Fsp3) is 0.538. The van der Waals surface area contributed by atoms with E-state index < -0.39 is 5.60 Å². The summed E-state index contributed by atoms with van der Waals surface area (Å²) in [4.78, 5) is 0. The molecule has 1 fully saturated rings. The van der Waals surface area contributed by atoms with Gasteiger partial charge in [0.05, 0.1) is 5.60 Å². The largest absolute Gasteiger partial charge is 0.508 e. The van der Waals surface area contributed by atoms with Crippen molar-refractivity contribution in [2.75, 3.05) is 6.54 Å². The Kier molecular flexibility index (Phi) is 3.26. The van der Waals surface area contributed by atoms with E-state index in [1.54, 1.807) is 12.1 Å². The third kappa shape index (κ3) is 2.90. The lowest BCUT2D eigenvalue weighted by molar-refractivity contribution is -0.0329. The van der Waals surface area contributed by atoms with Crippen LogP contribution in [-0.2, 0) is 0 Å². The van der Waals surface area contributed by atoms with E-state index in [1.807, 2.05) is 6.92 Å². The van der Waals surface area contributed by atoms with Crippen molar-refractivity contribution < 1.29 is 15.3 Å². The van der Waals surface area contributed by atoms with Crippen molar-refractivity contribution in [3.63, 3.8) is 0 Å². The maximum absolute atomic E-state index is 9.95. The normalized spacial score (nSPS) is 19.6. The molecule has 94 valence electrons. The first kappa shape index (κ1) is 12.2. The van der Waals surface area contributed by atoms with Crippen molar-refractivity contribution >= 4 is 0 Å². The van der Waals surface area contributed by atoms with Crippen molar-refractivity contribution in [1.29, 1.82) is 0 Å². The third-order valence-corrected chi connectivity index (χ3v) is 3.45. The average Bonchev–Trinajstić information content (AvgIpc) is 2.22. The first-order valence-corrected chi connectivity index (χ1v) is 5.97. The number of rotatable bonds is 4. The standard InChI is InChI=1S/C13H19NO3/c1-9(14-8-13(17)3-2-4-13)10-5-11(15)7-12(16)6-10/h5-7,9,14-17H,2-4,8H2,1H3. The molecule has 17 heavy (non-hydrogen) atoms. The fourth-order valence-corrected chi connectivity index (χ4v) is 2.09. The molecule has 1 atom stereocenters. The van der Waals surface area contributed by atoms with Gasteiger partial charge in [-0.2, -0.15) is 0 Å². The second kappa shape index (κ2) is 4.55. The Morgan fingerprint density at radius 1 is 1.24 bits per heavy atom. The molecule has 0 aliphatic heterocycles. The summed E-state index contributed by atoms with van der Waals surface area (Å²) in [5, 5.41) is 32.0. The number of hydrogen-bond acceptors (Lipinski definition) is 4. The zero-order valence-electron chi connectivity index (χ0n) is 9.98. The molecule has 4 N–H and O–H groups in total. The molecular weight excluding hydrogens is 218 g/mol. The molecule has 1 aliphatic carbocycles. The van der Waals surface area contributed by atoms with Gasteiger partial charge in [-0.25, -0.2) is 0 Å². The molecule has 1 aromatic carbocycles. The minimum absolute atomic E-state index is 0.0161. The van der Waals surface area contributed by atoms with Crippen LogP contribution in [0.5, 0.6) is 11.5 Å². The van der Waals surface area contributed by atoms with Gasteiger partial charge in [0, 0.05) is 18.7 Å². The van der Waals surface area contributed by atoms with Gasteiger partial charge in [-0.1, -0.05) is 0 Å². The Labute approximate surface area is 101 Å². The van der Waals surface area contributed by atoms with Gasteiger partial charge in [0.1, 0.15) is 11.5 Å². The molecular formula is C13H19NO3. The van der Waals surface area contributed by atoms with Gasteiger partial charge in [0.25, 0.3) is 0 Å². The number of aromatic hydroxyl groups is 2. The molecule has 2 rings (SSSR count). The van der Waals surface area contributed by atoms with Crippen LogP contribution in [0.2, 0.25) is 0 Å². The van der Waals surface area contributed by atoms with Gasteiger partial charge < -0.3 is 20.6 Å². The summed E-state index contributed by atoms with van der Waals surface area (Å²) in [6, 6.07) is 4.51. The highest BCUT2D eigenvalue weighted by atomic mass is 16.3. The zero-order chi connectivity index (χ0) is 12.5. The maximum atomic E-state index is 9.95. The monoisotopic (exact) mass is 237 g/mol. The van der Waals surface area contributed by atoms with Gasteiger partial charge in [0.15, 0.2) is 0 Å². The molecule has 0 bridgehead atoms. The Balaban J connectivity index is 1.96. The van der Waals surface area contributed by atoms with Crippen molar-refractivity contribution in [3.05, 3.63) is 23.8 Å². The number of benzene rings is 1. The molecule has 1 unspecified atom stereocenters. The predicted molar refractivity (Wildman–Crippen MR) is 65.0 cm³/mol. The fourth-order valence-electron chi connectivity index (χ4n) is 2.09. The van der Waals surface area contributed by atoms with E-state index >= 15 is 0 Å². The lowest BCUT2D eigenvalue weighted by atomic mass is 9.80. The Morgan fingerprint density at radius 2 is 1.82 bits per heavy atom. The van der Waals surface area contributed by atoms with Gasteiger partial charge in [-0.15, -0.1) is 0 Å². The molecule has 0 spiro atoms. The first-order chi connectivity index (χ1) is 7.98. The summed E-state index contributed by atoms with van der Waals surface area (Å²) in [6.07, 6.45) is 2.77. The number of nitrogens with one attached hydrogen (secondary N) is 1. The van der Waals surface area contributed by atoms with E-state index in [0.717, 1.165) is 24.8 Å². The quantitative estimate of drug-likeness (QED) is 0.642. The summed E-state index contributed by atoms with van der Waals surface area (Å²) in [7, 11) is 0. The van der Waals surface area contributed by atoms with Crippen molar-refractivity contribution in [2.45, 2.75) is 37.8 Å². The highest BCUT2D eigenvalue weighted by molar-refractivity contribution is 5.37. The van der Waals surface area contributed by atoms with Crippen molar-refractivity contribution in [2.24, 2.45) is 0 Å². The van der Waals surface area contributed by atoms with E-state index in [2.05, 4.69) is 5.32 Å². The Bertz CT molecular complexity index is 381. The number of aliphatic hydroxyl groups is 1. The molecule has 4 nitrogen and oxygen atoms in total. The van der Waals surface area contributed by atoms with Crippen LogP contribution in [0, 0.1) is 0 Å². The van der Waals surface area contributed by atoms with Gasteiger partial charge in [-0.3, -0.25) is 0 Å². The van der Waals surface area contributed by atoms with E-state index in [1.165, 1.54) is 6.07 Å². The molecule has 0 radical (unpaired) electrons. The third-order valence-electron chi connectivity index (χ3n) is 3.45. The summed E-state index contributed by atoms with van der Waals surface area (Å²) in [5.74, 6) is 0.104. The summed E-state index contributed by atoms with van der Waals surface area (Å²) in [5.41, 5.74) is 0.248. The molecule has 0 saturated heterocycles. The van der Waals surface area contributed by atoms with Crippen LogP contribution in [-0.4, -0.2) is 27.5 Å².